The summed E-state index contributed by atoms with van der Waals surface area (Å²) in [5, 5.41) is 0. The van der Waals surface area contributed by atoms with E-state index in [1.54, 1.807) is 11.8 Å². The summed E-state index contributed by atoms with van der Waals surface area (Å²) in [5.41, 5.74) is 0. The molecule has 0 bridgehead atoms. The van der Waals surface area contributed by atoms with Crippen LogP contribution in [0, 0.1) is 0 Å². The monoisotopic (exact) mass is 600 g/mol. The second-order valence-electron chi connectivity index (χ2n) is 11.7. The minimum absolute atomic E-state index is 1.03. The van der Waals surface area contributed by atoms with Gasteiger partial charge in [-0.2, -0.15) is 0 Å². The van der Waals surface area contributed by atoms with Gasteiger partial charge in [0.2, 0.25) is 0 Å². The van der Waals surface area contributed by atoms with Crippen LogP contribution in [-0.4, -0.2) is 44.6 Å². The van der Waals surface area contributed by atoms with Crippen molar-refractivity contribution in [1.29, 1.82) is 0 Å². The van der Waals surface area contributed by atoms with Crippen LogP contribution < -0.4 is 0 Å². The Morgan fingerprint density at radius 2 is 0.564 bits per heavy atom. The Kier molecular flexibility index (Phi) is 31.2. The molecule has 0 saturated carbocycles. The topological polar surface area (TPSA) is 6.48 Å². The van der Waals surface area contributed by atoms with Crippen molar-refractivity contribution in [3.8, 4) is 0 Å². The quantitative estimate of drug-likeness (QED) is 0.0649. The average Bonchev–Trinajstić information content (AvgIpc) is 2.93. The van der Waals surface area contributed by atoms with Crippen molar-refractivity contribution in [3.63, 3.8) is 0 Å². The molecule has 0 amide bonds. The summed E-state index contributed by atoms with van der Waals surface area (Å²) in [6, 6.07) is 0. The second-order valence-corrected chi connectivity index (χ2v) is 13.9. The lowest BCUT2D eigenvalue weighted by atomic mass is 10.1. The molecule has 2 nitrogen and oxygen atoms in total. The molecule has 0 atom stereocenters. The maximum Gasteiger partial charge on any atom is 0.143 e. The minimum atomic E-state index is 1.03. The van der Waals surface area contributed by atoms with Gasteiger partial charge in [-0.1, -0.05) is 181 Å². The molecule has 0 unspecified atom stereocenters. The van der Waals surface area contributed by atoms with E-state index in [2.05, 4.69) is 37.5 Å². The van der Waals surface area contributed by atoms with Crippen molar-refractivity contribution in [2.45, 2.75) is 182 Å². The number of hydrogen-bond acceptors (Lipinski definition) is 3. The highest BCUT2D eigenvalue weighted by molar-refractivity contribution is 8.37. The fraction of sp³-hybridized carbons (Fsp3) is 0.941. The second kappa shape index (κ2) is 31.1. The molecule has 0 heterocycles. The van der Waals surface area contributed by atoms with Gasteiger partial charge in [-0.3, -0.25) is 0 Å². The number of thioether (sulfide) groups is 1. The molecule has 5 heteroatoms. The van der Waals surface area contributed by atoms with Crippen LogP contribution in [0.3, 0.4) is 0 Å². The van der Waals surface area contributed by atoms with Gasteiger partial charge < -0.3 is 9.80 Å². The molecule has 39 heavy (non-hydrogen) atoms. The number of rotatable bonds is 28. The van der Waals surface area contributed by atoms with Crippen molar-refractivity contribution in [2.75, 3.05) is 26.2 Å². The van der Waals surface area contributed by atoms with Crippen LogP contribution in [0.1, 0.15) is 182 Å². The third-order valence-corrected chi connectivity index (χ3v) is 9.70. The molecule has 0 aliphatic rings. The average molecular weight is 601 g/mol. The van der Waals surface area contributed by atoms with Crippen LogP contribution in [-0.2, 0) is 0 Å². The maximum absolute atomic E-state index is 6.05. The van der Waals surface area contributed by atoms with Gasteiger partial charge in [0.05, 0.1) is 0 Å². The van der Waals surface area contributed by atoms with Crippen molar-refractivity contribution in [1.82, 2.24) is 9.80 Å². The largest absolute Gasteiger partial charge is 0.357 e. The molecular weight excluding hydrogens is 533 g/mol. The van der Waals surface area contributed by atoms with Gasteiger partial charge >= 0.3 is 0 Å². The van der Waals surface area contributed by atoms with Crippen LogP contribution in [0.4, 0.5) is 0 Å². The first-order valence-electron chi connectivity index (χ1n) is 17.4. The molecule has 0 N–H and O–H groups in total. The zero-order valence-corrected chi connectivity index (χ0v) is 29.4. The zero-order valence-electron chi connectivity index (χ0n) is 26.9. The first-order chi connectivity index (χ1) is 19.1. The molecular formula is C34H68N2S3. The van der Waals surface area contributed by atoms with E-state index in [0.717, 1.165) is 34.8 Å². The zero-order chi connectivity index (χ0) is 28.8. The van der Waals surface area contributed by atoms with E-state index in [4.69, 9.17) is 24.4 Å². The van der Waals surface area contributed by atoms with Crippen molar-refractivity contribution < 1.29 is 0 Å². The Bertz CT molecular complexity index is 463. The Balaban J connectivity index is 4.85. The van der Waals surface area contributed by atoms with Crippen LogP contribution in [0.2, 0.25) is 0 Å². The summed E-state index contributed by atoms with van der Waals surface area (Å²) in [6.45, 7) is 13.6. The standard InChI is InChI=1S/C34H68N2S3/c1-5-9-13-17-21-25-29-35(30-26-22-18-14-10-6-2)33(37)39-34(38)36(31-27-23-19-15-11-7-3)32-28-24-20-16-12-8-4/h5-32H2,1-4H3. The van der Waals surface area contributed by atoms with Crippen LogP contribution >= 0.6 is 36.2 Å². The van der Waals surface area contributed by atoms with E-state index in [1.165, 1.54) is 154 Å². The van der Waals surface area contributed by atoms with E-state index in [1.807, 2.05) is 0 Å². The van der Waals surface area contributed by atoms with E-state index in [-0.39, 0.29) is 0 Å². The lowest BCUT2D eigenvalue weighted by molar-refractivity contribution is 0.392. The fourth-order valence-corrected chi connectivity index (χ4v) is 6.89. The molecule has 0 aromatic carbocycles. The molecule has 0 aromatic heterocycles. The molecule has 0 radical (unpaired) electrons. The van der Waals surface area contributed by atoms with E-state index in [0.29, 0.717) is 0 Å². The summed E-state index contributed by atoms with van der Waals surface area (Å²) >= 11 is 13.8. The molecule has 0 saturated heterocycles. The number of nitrogens with zero attached hydrogens (tertiary/aromatic N) is 2. The summed E-state index contributed by atoms with van der Waals surface area (Å²) in [5.74, 6) is 0. The van der Waals surface area contributed by atoms with Gasteiger partial charge in [-0.05, 0) is 37.4 Å². The Hall–Kier alpha value is 0.130. The smallest absolute Gasteiger partial charge is 0.143 e. The van der Waals surface area contributed by atoms with Crippen LogP contribution in [0.25, 0.3) is 0 Å². The summed E-state index contributed by atoms with van der Waals surface area (Å²) in [6.07, 6.45) is 32.0. The molecule has 0 spiro atoms. The molecule has 0 aliphatic carbocycles. The van der Waals surface area contributed by atoms with Crippen LogP contribution in [0.15, 0.2) is 0 Å². The van der Waals surface area contributed by atoms with Gasteiger partial charge in [0.25, 0.3) is 0 Å². The lowest BCUT2D eigenvalue weighted by Gasteiger charge is -2.29. The van der Waals surface area contributed by atoms with Crippen LogP contribution in [0.5, 0.6) is 0 Å². The minimum Gasteiger partial charge on any atom is -0.357 e. The van der Waals surface area contributed by atoms with E-state index < -0.39 is 0 Å². The predicted octanol–water partition coefficient (Wildman–Crippen LogP) is 12.3. The summed E-state index contributed by atoms with van der Waals surface area (Å²) in [7, 11) is 0. The van der Waals surface area contributed by atoms with Gasteiger partial charge in [-0.15, -0.1) is 0 Å². The first kappa shape index (κ1) is 39.1. The third-order valence-electron chi connectivity index (χ3n) is 7.82. The molecule has 0 aliphatic heterocycles. The summed E-state index contributed by atoms with van der Waals surface area (Å²) in [4.78, 5) is 5.00. The molecule has 0 rings (SSSR count). The molecule has 0 aromatic rings. The number of hydrogen-bond donors (Lipinski definition) is 0. The SMILES string of the molecule is CCCCCCCCN(CCCCCCCC)C(=S)SC(=S)N(CCCCCCCC)CCCCCCCC. The number of thiocarbonyl (C=S) groups is 2. The van der Waals surface area contributed by atoms with Gasteiger partial charge in [0.1, 0.15) is 8.64 Å². The number of unbranched alkanes of at least 4 members (excludes halogenated alkanes) is 20. The Morgan fingerprint density at radius 1 is 0.359 bits per heavy atom. The van der Waals surface area contributed by atoms with Gasteiger partial charge in [0.15, 0.2) is 0 Å². The highest BCUT2D eigenvalue weighted by atomic mass is 32.2. The maximum atomic E-state index is 6.05. The normalized spacial score (nSPS) is 11.2. The highest BCUT2D eigenvalue weighted by Gasteiger charge is 2.17. The Morgan fingerprint density at radius 3 is 0.795 bits per heavy atom. The Labute approximate surface area is 261 Å². The first-order valence-corrected chi connectivity index (χ1v) is 19.0. The van der Waals surface area contributed by atoms with E-state index in [9.17, 15) is 0 Å². The summed E-state index contributed by atoms with van der Waals surface area (Å²) < 4.78 is 2.05. The molecule has 232 valence electrons. The van der Waals surface area contributed by atoms with Crippen molar-refractivity contribution in [3.05, 3.63) is 0 Å². The van der Waals surface area contributed by atoms with Gasteiger partial charge in [0, 0.05) is 26.2 Å². The van der Waals surface area contributed by atoms with Crippen molar-refractivity contribution >= 4 is 44.8 Å². The molecule has 0 fully saturated rings. The fourth-order valence-electron chi connectivity index (χ4n) is 5.12. The lowest BCUT2D eigenvalue weighted by Crippen LogP contribution is -2.35. The third kappa shape index (κ3) is 25.6. The predicted molar refractivity (Wildman–Crippen MR) is 189 cm³/mol. The van der Waals surface area contributed by atoms with E-state index >= 15 is 0 Å². The van der Waals surface area contributed by atoms with Gasteiger partial charge in [-0.25, -0.2) is 0 Å². The van der Waals surface area contributed by atoms with Crippen molar-refractivity contribution in [2.24, 2.45) is 0 Å². The highest BCUT2D eigenvalue weighted by Crippen LogP contribution is 2.20.